The fourth-order valence-electron chi connectivity index (χ4n) is 3.02. The molecule has 0 unspecified atom stereocenters. The molecule has 0 aromatic heterocycles. The number of rotatable bonds is 7. The van der Waals surface area contributed by atoms with Gasteiger partial charge in [0.1, 0.15) is 10.6 Å². The summed E-state index contributed by atoms with van der Waals surface area (Å²) in [5, 5.41) is 0. The number of ketones is 1. The van der Waals surface area contributed by atoms with E-state index in [2.05, 4.69) is 4.72 Å². The zero-order chi connectivity index (χ0) is 23.6. The minimum absolute atomic E-state index is 0.000284. The predicted octanol–water partition coefficient (Wildman–Crippen LogP) is 3.74. The van der Waals surface area contributed by atoms with Crippen molar-refractivity contribution < 1.29 is 27.5 Å². The quantitative estimate of drug-likeness (QED) is 0.513. The van der Waals surface area contributed by atoms with Gasteiger partial charge in [0, 0.05) is 11.1 Å². The van der Waals surface area contributed by atoms with Crippen molar-refractivity contribution in [1.82, 2.24) is 4.72 Å². The number of hydrogen-bond donors (Lipinski definition) is 1. The lowest BCUT2D eigenvalue weighted by Crippen LogP contribution is -2.40. The van der Waals surface area contributed by atoms with Crippen LogP contribution in [0, 0.1) is 20.8 Å². The summed E-state index contributed by atoms with van der Waals surface area (Å²) in [5.41, 5.74) is 2.60. The Labute approximate surface area is 183 Å². The van der Waals surface area contributed by atoms with E-state index in [4.69, 9.17) is 9.47 Å². The zero-order valence-electron chi connectivity index (χ0n) is 19.0. The van der Waals surface area contributed by atoms with E-state index in [9.17, 15) is 18.0 Å². The Morgan fingerprint density at radius 3 is 2.16 bits per heavy atom. The van der Waals surface area contributed by atoms with Gasteiger partial charge in [-0.05, 0) is 82.5 Å². The van der Waals surface area contributed by atoms with E-state index < -0.39 is 28.1 Å². The lowest BCUT2D eigenvalue weighted by Gasteiger charge is -2.21. The van der Waals surface area contributed by atoms with Gasteiger partial charge in [0.15, 0.2) is 6.61 Å². The summed E-state index contributed by atoms with van der Waals surface area (Å²) in [6, 6.07) is 7.64. The summed E-state index contributed by atoms with van der Waals surface area (Å²) in [5.74, 6) is -1.04. The van der Waals surface area contributed by atoms with Crippen molar-refractivity contribution in [2.45, 2.75) is 52.0 Å². The summed E-state index contributed by atoms with van der Waals surface area (Å²) in [4.78, 5) is 24.9. The van der Waals surface area contributed by atoms with Gasteiger partial charge in [-0.15, -0.1) is 0 Å². The van der Waals surface area contributed by atoms with Crippen LogP contribution in [0.5, 0.6) is 5.75 Å². The van der Waals surface area contributed by atoms with E-state index in [-0.39, 0.29) is 22.0 Å². The minimum atomic E-state index is -3.96. The topological polar surface area (TPSA) is 98.8 Å². The molecule has 2 aromatic rings. The van der Waals surface area contributed by atoms with Gasteiger partial charge in [0.05, 0.1) is 12.7 Å². The van der Waals surface area contributed by atoms with E-state index in [1.807, 2.05) is 26.8 Å². The second kappa shape index (κ2) is 9.20. The van der Waals surface area contributed by atoms with Crippen LogP contribution in [0.1, 0.15) is 58.2 Å². The number of Topliss-reactive ketones (excluding diaryl/α,β-unsaturated/α-hetero) is 1. The molecular formula is C23H29NO6S. The highest BCUT2D eigenvalue weighted by Crippen LogP contribution is 2.26. The number of esters is 1. The van der Waals surface area contributed by atoms with Gasteiger partial charge in [-0.25, -0.2) is 17.9 Å². The smallest absolute Gasteiger partial charge is 0.338 e. The molecule has 0 aliphatic carbocycles. The molecule has 168 valence electrons. The van der Waals surface area contributed by atoms with Crippen molar-refractivity contribution in [2.24, 2.45) is 0 Å². The number of benzene rings is 2. The first-order valence-electron chi connectivity index (χ1n) is 9.75. The van der Waals surface area contributed by atoms with Crippen molar-refractivity contribution in [3.8, 4) is 5.75 Å². The molecule has 0 heterocycles. The molecular weight excluding hydrogens is 418 g/mol. The van der Waals surface area contributed by atoms with Crippen molar-refractivity contribution in [2.75, 3.05) is 13.7 Å². The Bertz CT molecular complexity index is 1110. The van der Waals surface area contributed by atoms with Gasteiger partial charge < -0.3 is 9.47 Å². The lowest BCUT2D eigenvalue weighted by molar-refractivity contribution is 0.0474. The molecule has 0 amide bonds. The van der Waals surface area contributed by atoms with E-state index in [0.29, 0.717) is 5.56 Å². The summed E-state index contributed by atoms with van der Waals surface area (Å²) in [7, 11) is -2.61. The maximum atomic E-state index is 12.8. The molecule has 8 heteroatoms. The van der Waals surface area contributed by atoms with Crippen molar-refractivity contribution in [3.63, 3.8) is 0 Å². The molecule has 0 aliphatic rings. The third-order valence-corrected chi connectivity index (χ3v) is 6.38. The first kappa shape index (κ1) is 24.6. The van der Waals surface area contributed by atoms with Crippen molar-refractivity contribution >= 4 is 21.8 Å². The Morgan fingerprint density at radius 2 is 1.58 bits per heavy atom. The number of methoxy groups -OCH3 is 1. The van der Waals surface area contributed by atoms with Crippen molar-refractivity contribution in [1.29, 1.82) is 0 Å². The van der Waals surface area contributed by atoms with Gasteiger partial charge in [-0.1, -0.05) is 6.07 Å². The Kier molecular flexibility index (Phi) is 7.28. The molecule has 0 atom stereocenters. The standard InChI is InChI=1S/C23H29NO6S/c1-14-10-16(3)18(11-15(14)2)19(25)13-30-22(26)17-8-9-20(29-7)21(12-17)31(27,28)24-23(4,5)6/h8-12,24H,13H2,1-7H3. The SMILES string of the molecule is COc1ccc(C(=O)OCC(=O)c2cc(C)c(C)cc2C)cc1S(=O)(=O)NC(C)(C)C. The molecule has 2 rings (SSSR count). The third kappa shape index (κ3) is 6.15. The Morgan fingerprint density at radius 1 is 0.968 bits per heavy atom. The molecule has 0 saturated heterocycles. The summed E-state index contributed by atoms with van der Waals surface area (Å²) >= 11 is 0. The molecule has 0 aliphatic heterocycles. The predicted molar refractivity (Wildman–Crippen MR) is 118 cm³/mol. The van der Waals surface area contributed by atoms with Gasteiger partial charge >= 0.3 is 5.97 Å². The number of hydrogen-bond acceptors (Lipinski definition) is 6. The second-order valence-electron chi connectivity index (χ2n) is 8.47. The van der Waals surface area contributed by atoms with Crippen molar-refractivity contribution in [3.05, 3.63) is 58.1 Å². The van der Waals surface area contributed by atoms with Crippen LogP contribution in [0.15, 0.2) is 35.2 Å². The first-order chi connectivity index (χ1) is 14.2. The molecule has 0 radical (unpaired) electrons. The third-order valence-electron chi connectivity index (χ3n) is 4.60. The molecule has 0 bridgehead atoms. The maximum absolute atomic E-state index is 12.8. The largest absolute Gasteiger partial charge is 0.495 e. The van der Waals surface area contributed by atoms with Crippen LogP contribution in [0.2, 0.25) is 0 Å². The van der Waals surface area contributed by atoms with E-state index >= 15 is 0 Å². The normalized spacial score (nSPS) is 11.8. The fourth-order valence-corrected chi connectivity index (χ4v) is 4.64. The summed E-state index contributed by atoms with van der Waals surface area (Å²) < 4.78 is 38.3. The molecule has 31 heavy (non-hydrogen) atoms. The van der Waals surface area contributed by atoms with Crippen LogP contribution >= 0.6 is 0 Å². The summed E-state index contributed by atoms with van der Waals surface area (Å²) in [6.45, 7) is 10.4. The van der Waals surface area contributed by atoms with Gasteiger partial charge in [-0.2, -0.15) is 0 Å². The van der Waals surface area contributed by atoms with E-state index in [0.717, 1.165) is 16.7 Å². The van der Waals surface area contributed by atoms with E-state index in [1.165, 1.54) is 25.3 Å². The van der Waals surface area contributed by atoms with Crippen LogP contribution in [-0.2, 0) is 14.8 Å². The van der Waals surface area contributed by atoms with Crippen LogP contribution < -0.4 is 9.46 Å². The highest BCUT2D eigenvalue weighted by molar-refractivity contribution is 7.89. The van der Waals surface area contributed by atoms with Crippen LogP contribution in [0.25, 0.3) is 0 Å². The highest BCUT2D eigenvalue weighted by Gasteiger charge is 2.27. The minimum Gasteiger partial charge on any atom is -0.495 e. The van der Waals surface area contributed by atoms with Crippen LogP contribution in [0.3, 0.4) is 0 Å². The fraction of sp³-hybridized carbons (Fsp3) is 0.391. The zero-order valence-corrected chi connectivity index (χ0v) is 19.8. The molecule has 0 spiro atoms. The van der Waals surface area contributed by atoms with Gasteiger partial charge in [0.2, 0.25) is 15.8 Å². The average Bonchev–Trinajstić information content (AvgIpc) is 2.66. The number of aryl methyl sites for hydroxylation is 3. The van der Waals surface area contributed by atoms with Gasteiger partial charge in [0.25, 0.3) is 0 Å². The molecule has 0 fully saturated rings. The monoisotopic (exact) mass is 447 g/mol. The number of carbonyl (C=O) groups is 2. The molecule has 1 N–H and O–H groups in total. The first-order valence-corrected chi connectivity index (χ1v) is 11.2. The number of nitrogens with one attached hydrogen (secondary N) is 1. The van der Waals surface area contributed by atoms with E-state index in [1.54, 1.807) is 26.8 Å². The summed E-state index contributed by atoms with van der Waals surface area (Å²) in [6.07, 6.45) is 0. The Balaban J connectivity index is 2.25. The second-order valence-corrected chi connectivity index (χ2v) is 10.1. The number of sulfonamides is 1. The maximum Gasteiger partial charge on any atom is 0.338 e. The Hall–Kier alpha value is -2.71. The molecule has 0 saturated carbocycles. The van der Waals surface area contributed by atoms with Crippen LogP contribution in [0.4, 0.5) is 0 Å². The molecule has 7 nitrogen and oxygen atoms in total. The van der Waals surface area contributed by atoms with Gasteiger partial charge in [-0.3, -0.25) is 4.79 Å². The molecule has 2 aromatic carbocycles. The highest BCUT2D eigenvalue weighted by atomic mass is 32.2. The lowest BCUT2D eigenvalue weighted by atomic mass is 9.98. The average molecular weight is 448 g/mol. The number of ether oxygens (including phenoxy) is 2. The number of carbonyl (C=O) groups excluding carboxylic acids is 2. The van der Waals surface area contributed by atoms with Crippen LogP contribution in [-0.4, -0.2) is 39.4 Å².